The summed E-state index contributed by atoms with van der Waals surface area (Å²) in [6.45, 7) is 5.66. The van der Waals surface area contributed by atoms with E-state index in [-0.39, 0.29) is 12.5 Å². The second-order valence-corrected chi connectivity index (χ2v) is 7.53. The summed E-state index contributed by atoms with van der Waals surface area (Å²) in [6.07, 6.45) is 3.34. The highest BCUT2D eigenvalue weighted by molar-refractivity contribution is 7.11. The molecule has 0 aromatic carbocycles. The molecule has 0 radical (unpaired) electrons. The van der Waals surface area contributed by atoms with Crippen LogP contribution >= 0.6 is 11.3 Å². The van der Waals surface area contributed by atoms with Crippen molar-refractivity contribution in [2.75, 3.05) is 33.7 Å². The normalized spacial score (nSPS) is 11.3. The fraction of sp³-hybridized carbons (Fsp3) is 0.474. The number of amides is 1. The minimum Gasteiger partial charge on any atom is -0.356 e. The average molecular weight is 389 g/mol. The Balaban J connectivity index is 1.68. The van der Waals surface area contributed by atoms with Gasteiger partial charge in [0, 0.05) is 56.8 Å². The predicted molar refractivity (Wildman–Crippen MR) is 110 cm³/mol. The predicted octanol–water partition coefficient (Wildman–Crippen LogP) is 1.56. The number of aryl methyl sites for hydroxylation is 2. The van der Waals surface area contributed by atoms with E-state index in [1.165, 1.54) is 4.88 Å². The van der Waals surface area contributed by atoms with Crippen LogP contribution in [0.1, 0.15) is 21.3 Å². The number of hydrogen-bond donors (Lipinski definition) is 2. The van der Waals surface area contributed by atoms with Crippen LogP contribution < -0.4 is 10.6 Å². The lowest BCUT2D eigenvalue weighted by molar-refractivity contribution is -0.128. The number of nitrogens with one attached hydrogen (secondary N) is 2. The number of likely N-dealkylation sites (N-methyl/N-ethyl adjacent to an activating group) is 1. The summed E-state index contributed by atoms with van der Waals surface area (Å²) in [5.41, 5.74) is 2.08. The van der Waals surface area contributed by atoms with Gasteiger partial charge in [-0.15, -0.1) is 11.3 Å². The van der Waals surface area contributed by atoms with Gasteiger partial charge in [-0.3, -0.25) is 14.8 Å². The highest BCUT2D eigenvalue weighted by Crippen LogP contribution is 2.16. The van der Waals surface area contributed by atoms with Crippen LogP contribution in [0.5, 0.6) is 0 Å². The Morgan fingerprint density at radius 2 is 2.07 bits per heavy atom. The molecule has 0 saturated heterocycles. The Morgan fingerprint density at radius 1 is 1.26 bits per heavy atom. The summed E-state index contributed by atoms with van der Waals surface area (Å²) in [4.78, 5) is 28.2. The van der Waals surface area contributed by atoms with E-state index in [4.69, 9.17) is 0 Å². The second-order valence-electron chi connectivity index (χ2n) is 6.24. The number of hydrogen-bond acceptors (Lipinski definition) is 5. The van der Waals surface area contributed by atoms with Crippen LogP contribution in [0.4, 0.5) is 0 Å². The lowest BCUT2D eigenvalue weighted by atomic mass is 10.2. The third kappa shape index (κ3) is 6.97. The number of thiazole rings is 1. The van der Waals surface area contributed by atoms with Gasteiger partial charge >= 0.3 is 0 Å². The van der Waals surface area contributed by atoms with Crippen LogP contribution in [-0.2, 0) is 17.6 Å². The lowest BCUT2D eigenvalue weighted by Crippen LogP contribution is -2.44. The van der Waals surface area contributed by atoms with Crippen molar-refractivity contribution in [1.82, 2.24) is 25.5 Å². The van der Waals surface area contributed by atoms with Gasteiger partial charge in [-0.2, -0.15) is 0 Å². The molecule has 2 heterocycles. The first-order chi connectivity index (χ1) is 13.0. The van der Waals surface area contributed by atoms with Gasteiger partial charge in [0.05, 0.1) is 17.2 Å². The van der Waals surface area contributed by atoms with E-state index >= 15 is 0 Å². The summed E-state index contributed by atoms with van der Waals surface area (Å²) < 4.78 is 0. The molecular weight excluding hydrogens is 360 g/mol. The minimum atomic E-state index is 0.0139. The quantitative estimate of drug-likeness (QED) is 0.530. The largest absolute Gasteiger partial charge is 0.356 e. The molecule has 2 rings (SSSR count). The average Bonchev–Trinajstić information content (AvgIpc) is 3.00. The van der Waals surface area contributed by atoms with E-state index in [2.05, 4.69) is 32.5 Å². The zero-order valence-electron chi connectivity index (χ0n) is 16.5. The van der Waals surface area contributed by atoms with Crippen molar-refractivity contribution in [3.05, 3.63) is 45.7 Å². The van der Waals surface area contributed by atoms with E-state index < -0.39 is 0 Å². The van der Waals surface area contributed by atoms with Crippen molar-refractivity contribution < 1.29 is 4.79 Å². The third-order valence-corrected chi connectivity index (χ3v) is 5.32. The lowest BCUT2D eigenvalue weighted by Gasteiger charge is -2.18. The molecule has 0 fully saturated rings. The van der Waals surface area contributed by atoms with Gasteiger partial charge in [0.2, 0.25) is 5.91 Å². The van der Waals surface area contributed by atoms with Crippen LogP contribution in [0, 0.1) is 13.8 Å². The molecule has 2 aromatic rings. The van der Waals surface area contributed by atoms with E-state index in [9.17, 15) is 4.79 Å². The monoisotopic (exact) mass is 388 g/mol. The summed E-state index contributed by atoms with van der Waals surface area (Å²) in [7, 11) is 3.50. The van der Waals surface area contributed by atoms with Crippen LogP contribution in [0.3, 0.4) is 0 Å². The number of aromatic nitrogens is 2. The Morgan fingerprint density at radius 3 is 2.70 bits per heavy atom. The molecule has 146 valence electrons. The van der Waals surface area contributed by atoms with Crippen LogP contribution in [0.2, 0.25) is 0 Å². The number of carbonyl (C=O) groups excluding carboxylic acids is 1. The zero-order valence-corrected chi connectivity index (χ0v) is 17.3. The summed E-state index contributed by atoms with van der Waals surface area (Å²) in [5, 5.41) is 7.40. The van der Waals surface area contributed by atoms with E-state index in [1.54, 1.807) is 36.5 Å². The molecule has 27 heavy (non-hydrogen) atoms. The summed E-state index contributed by atoms with van der Waals surface area (Å²) >= 11 is 1.72. The van der Waals surface area contributed by atoms with Gasteiger partial charge in [0.1, 0.15) is 0 Å². The van der Waals surface area contributed by atoms with Crippen molar-refractivity contribution in [3.8, 4) is 0 Å². The fourth-order valence-electron chi connectivity index (χ4n) is 2.40. The van der Waals surface area contributed by atoms with Gasteiger partial charge in [0.25, 0.3) is 0 Å². The molecule has 2 N–H and O–H groups in total. The molecular formula is C19H28N6OS. The van der Waals surface area contributed by atoms with Gasteiger partial charge in [-0.25, -0.2) is 4.98 Å². The second kappa shape index (κ2) is 10.6. The molecule has 2 aromatic heterocycles. The van der Waals surface area contributed by atoms with E-state index in [0.29, 0.717) is 12.5 Å². The first-order valence-electron chi connectivity index (χ1n) is 9.01. The van der Waals surface area contributed by atoms with Crippen LogP contribution in [0.25, 0.3) is 0 Å². The van der Waals surface area contributed by atoms with Crippen molar-refractivity contribution in [3.63, 3.8) is 0 Å². The summed E-state index contributed by atoms with van der Waals surface area (Å²) in [5.74, 6) is 0.631. The number of carbonyl (C=O) groups is 1. The van der Waals surface area contributed by atoms with Gasteiger partial charge in [-0.1, -0.05) is 6.07 Å². The van der Waals surface area contributed by atoms with Gasteiger partial charge < -0.3 is 15.5 Å². The molecule has 0 spiro atoms. The molecule has 0 unspecified atom stereocenters. The maximum atomic E-state index is 12.3. The number of nitrogens with zero attached hydrogens (tertiary/aromatic N) is 4. The molecule has 8 heteroatoms. The molecule has 1 amide bonds. The van der Waals surface area contributed by atoms with Crippen molar-refractivity contribution in [2.45, 2.75) is 26.7 Å². The number of rotatable bonds is 8. The zero-order chi connectivity index (χ0) is 19.6. The number of pyridine rings is 1. The SMILES string of the molecule is CN=C(NCCc1nc(C)c(C)s1)NCC(=O)N(C)CCc1ccccn1. The highest BCUT2D eigenvalue weighted by Gasteiger charge is 2.10. The number of guanidine groups is 1. The minimum absolute atomic E-state index is 0.0139. The third-order valence-electron chi connectivity index (χ3n) is 4.19. The standard InChI is InChI=1S/C19H28N6OS/c1-14-15(2)27-17(24-14)8-11-22-19(20-3)23-13-18(26)25(4)12-9-16-7-5-6-10-21-16/h5-7,10H,8-9,11-13H2,1-4H3,(H2,20,22,23). The van der Waals surface area contributed by atoms with Gasteiger partial charge in [-0.05, 0) is 26.0 Å². The highest BCUT2D eigenvalue weighted by atomic mass is 32.1. The maximum absolute atomic E-state index is 12.3. The van der Waals surface area contributed by atoms with Crippen LogP contribution in [0.15, 0.2) is 29.4 Å². The van der Waals surface area contributed by atoms with E-state index in [0.717, 1.165) is 35.8 Å². The molecule has 7 nitrogen and oxygen atoms in total. The topological polar surface area (TPSA) is 82.5 Å². The van der Waals surface area contributed by atoms with Crippen molar-refractivity contribution in [1.29, 1.82) is 0 Å². The van der Waals surface area contributed by atoms with Gasteiger partial charge in [0.15, 0.2) is 5.96 Å². The molecule has 0 saturated carbocycles. The first-order valence-corrected chi connectivity index (χ1v) is 9.82. The fourth-order valence-corrected chi connectivity index (χ4v) is 3.34. The molecule has 0 atom stereocenters. The van der Waals surface area contributed by atoms with E-state index in [1.807, 2.05) is 25.1 Å². The maximum Gasteiger partial charge on any atom is 0.241 e. The molecule has 0 bridgehead atoms. The van der Waals surface area contributed by atoms with Crippen molar-refractivity contribution >= 4 is 23.2 Å². The smallest absolute Gasteiger partial charge is 0.241 e. The van der Waals surface area contributed by atoms with Crippen LogP contribution in [-0.4, -0.2) is 60.5 Å². The Hall–Kier alpha value is -2.48. The Kier molecular flexibility index (Phi) is 8.19. The van der Waals surface area contributed by atoms with Crippen molar-refractivity contribution in [2.24, 2.45) is 4.99 Å². The molecule has 0 aliphatic carbocycles. The molecule has 0 aliphatic heterocycles. The molecule has 0 aliphatic rings. The Labute approximate surface area is 164 Å². The Bertz CT molecular complexity index is 739. The first kappa shape index (κ1) is 20.8. The number of aliphatic imine (C=N–C) groups is 1. The summed E-state index contributed by atoms with van der Waals surface area (Å²) in [6, 6.07) is 5.81.